The predicted octanol–water partition coefficient (Wildman–Crippen LogP) is 4.14. The van der Waals surface area contributed by atoms with Crippen molar-refractivity contribution < 1.29 is 19.1 Å². The molecule has 0 aromatic heterocycles. The van der Waals surface area contributed by atoms with Crippen LogP contribution in [0.3, 0.4) is 0 Å². The van der Waals surface area contributed by atoms with Gasteiger partial charge in [-0.25, -0.2) is 0 Å². The third-order valence-corrected chi connectivity index (χ3v) is 4.31. The highest BCUT2D eigenvalue weighted by molar-refractivity contribution is 5.98. The lowest BCUT2D eigenvalue weighted by atomic mass is 9.90. The lowest BCUT2D eigenvalue weighted by Gasteiger charge is -2.15. The van der Waals surface area contributed by atoms with Crippen molar-refractivity contribution in [3.63, 3.8) is 0 Å². The van der Waals surface area contributed by atoms with Crippen LogP contribution in [0.25, 0.3) is 0 Å². The Morgan fingerprint density at radius 3 is 2.56 bits per heavy atom. The molecule has 0 saturated heterocycles. The number of benzene rings is 2. The van der Waals surface area contributed by atoms with E-state index in [9.17, 15) is 9.59 Å². The Labute approximate surface area is 147 Å². The van der Waals surface area contributed by atoms with Crippen molar-refractivity contribution in [2.75, 3.05) is 6.61 Å². The van der Waals surface area contributed by atoms with E-state index in [4.69, 9.17) is 9.47 Å². The highest BCUT2D eigenvalue weighted by Gasteiger charge is 2.18. The molecule has 0 amide bonds. The van der Waals surface area contributed by atoms with E-state index in [0.29, 0.717) is 31.6 Å². The summed E-state index contributed by atoms with van der Waals surface area (Å²) in [7, 11) is 0. The van der Waals surface area contributed by atoms with Gasteiger partial charge in [-0.05, 0) is 67.6 Å². The zero-order valence-corrected chi connectivity index (χ0v) is 14.4. The molecule has 0 atom stereocenters. The van der Waals surface area contributed by atoms with Crippen LogP contribution in [-0.4, -0.2) is 18.4 Å². The van der Waals surface area contributed by atoms with Crippen LogP contribution in [0, 0.1) is 0 Å². The Hall–Kier alpha value is -2.62. The van der Waals surface area contributed by atoms with Crippen LogP contribution < -0.4 is 9.47 Å². The number of carbonyl (C=O) groups is 2. The molecule has 2 aromatic rings. The summed E-state index contributed by atoms with van der Waals surface area (Å²) in [4.78, 5) is 23.9. The smallest absolute Gasteiger partial charge is 0.311 e. The maximum Gasteiger partial charge on any atom is 0.311 e. The van der Waals surface area contributed by atoms with Crippen LogP contribution in [0.1, 0.15) is 47.7 Å². The summed E-state index contributed by atoms with van der Waals surface area (Å²) in [6.07, 6.45) is 3.26. The second kappa shape index (κ2) is 7.97. The Balaban J connectivity index is 1.55. The molecule has 130 valence electrons. The molecule has 0 bridgehead atoms. The molecular formula is C21H22O4. The molecule has 0 spiro atoms. The average molecular weight is 338 g/mol. The molecule has 4 heteroatoms. The van der Waals surface area contributed by atoms with Crippen molar-refractivity contribution in [2.24, 2.45) is 0 Å². The number of ketones is 1. The zero-order valence-electron chi connectivity index (χ0n) is 14.4. The molecule has 0 N–H and O–H groups in total. The number of fused-ring (bicyclic) bond motifs is 1. The Bertz CT molecular complexity index is 762. The normalized spacial score (nSPS) is 13.2. The van der Waals surface area contributed by atoms with Gasteiger partial charge < -0.3 is 9.47 Å². The monoisotopic (exact) mass is 338 g/mol. The van der Waals surface area contributed by atoms with E-state index in [1.807, 2.05) is 37.3 Å². The fraction of sp³-hybridized carbons (Fsp3) is 0.333. The van der Waals surface area contributed by atoms with E-state index < -0.39 is 0 Å². The van der Waals surface area contributed by atoms with Crippen molar-refractivity contribution in [2.45, 2.75) is 39.0 Å². The molecule has 25 heavy (non-hydrogen) atoms. The largest absolute Gasteiger partial charge is 0.494 e. The Kier molecular flexibility index (Phi) is 5.49. The van der Waals surface area contributed by atoms with Gasteiger partial charge in [0.05, 0.1) is 6.61 Å². The summed E-state index contributed by atoms with van der Waals surface area (Å²) in [6, 6.07) is 13.0. The fourth-order valence-electron chi connectivity index (χ4n) is 3.03. The lowest BCUT2D eigenvalue weighted by molar-refractivity contribution is -0.134. The SMILES string of the molecule is CCOc1ccc(CCC(=O)Oc2ccc3c(c2)CCCC3=O)cc1. The van der Waals surface area contributed by atoms with Gasteiger partial charge in [-0.1, -0.05) is 12.1 Å². The van der Waals surface area contributed by atoms with Gasteiger partial charge in [0, 0.05) is 18.4 Å². The van der Waals surface area contributed by atoms with Gasteiger partial charge in [0.15, 0.2) is 5.78 Å². The first-order valence-electron chi connectivity index (χ1n) is 8.74. The van der Waals surface area contributed by atoms with E-state index in [1.165, 1.54) is 0 Å². The highest BCUT2D eigenvalue weighted by atomic mass is 16.5. The zero-order chi connectivity index (χ0) is 17.6. The van der Waals surface area contributed by atoms with Crippen molar-refractivity contribution >= 4 is 11.8 Å². The molecule has 4 nitrogen and oxygen atoms in total. The van der Waals surface area contributed by atoms with Crippen molar-refractivity contribution in [3.8, 4) is 11.5 Å². The Morgan fingerprint density at radius 2 is 1.80 bits per heavy atom. The highest BCUT2D eigenvalue weighted by Crippen LogP contribution is 2.25. The molecule has 0 saturated carbocycles. The van der Waals surface area contributed by atoms with Gasteiger partial charge in [-0.15, -0.1) is 0 Å². The minimum atomic E-state index is -0.268. The molecule has 2 aromatic carbocycles. The number of esters is 1. The molecular weight excluding hydrogens is 316 g/mol. The molecule has 1 aliphatic carbocycles. The average Bonchev–Trinajstić information content (AvgIpc) is 2.61. The fourth-order valence-corrected chi connectivity index (χ4v) is 3.03. The minimum absolute atomic E-state index is 0.176. The van der Waals surface area contributed by atoms with Gasteiger partial charge in [-0.3, -0.25) is 9.59 Å². The minimum Gasteiger partial charge on any atom is -0.494 e. The predicted molar refractivity (Wildman–Crippen MR) is 95.3 cm³/mol. The van der Waals surface area contributed by atoms with E-state index in [-0.39, 0.29) is 11.8 Å². The molecule has 3 rings (SSSR count). The summed E-state index contributed by atoms with van der Waals surface area (Å²) in [6.45, 7) is 2.58. The standard InChI is InChI=1S/C21H22O4/c1-2-24-17-9-6-15(7-10-17)8-13-21(23)25-18-11-12-19-16(14-18)4-3-5-20(19)22/h6-7,9-12,14H,2-5,8,13H2,1H3. The molecule has 0 aliphatic heterocycles. The molecule has 0 radical (unpaired) electrons. The molecule has 1 aliphatic rings. The maximum absolute atomic E-state index is 12.1. The third-order valence-electron chi connectivity index (χ3n) is 4.31. The van der Waals surface area contributed by atoms with Crippen LogP contribution in [0.4, 0.5) is 0 Å². The second-order valence-electron chi connectivity index (χ2n) is 6.15. The van der Waals surface area contributed by atoms with E-state index in [1.54, 1.807) is 12.1 Å². The first-order valence-corrected chi connectivity index (χ1v) is 8.74. The number of rotatable bonds is 6. The van der Waals surface area contributed by atoms with Crippen LogP contribution >= 0.6 is 0 Å². The van der Waals surface area contributed by atoms with E-state index >= 15 is 0 Å². The van der Waals surface area contributed by atoms with Crippen molar-refractivity contribution in [1.29, 1.82) is 0 Å². The van der Waals surface area contributed by atoms with Crippen LogP contribution in [0.2, 0.25) is 0 Å². The van der Waals surface area contributed by atoms with E-state index in [0.717, 1.165) is 35.3 Å². The maximum atomic E-state index is 12.1. The summed E-state index contributed by atoms with van der Waals surface area (Å²) in [5, 5.41) is 0. The number of ether oxygens (including phenoxy) is 2. The Morgan fingerprint density at radius 1 is 1.04 bits per heavy atom. The number of Topliss-reactive ketones (excluding diaryl/α,β-unsaturated/α-hetero) is 1. The van der Waals surface area contributed by atoms with Gasteiger partial charge in [-0.2, -0.15) is 0 Å². The number of hydrogen-bond acceptors (Lipinski definition) is 4. The van der Waals surface area contributed by atoms with Gasteiger partial charge in [0.1, 0.15) is 11.5 Å². The first kappa shape index (κ1) is 17.2. The van der Waals surface area contributed by atoms with Crippen molar-refractivity contribution in [3.05, 3.63) is 59.2 Å². The van der Waals surface area contributed by atoms with Crippen LogP contribution in [0.15, 0.2) is 42.5 Å². The van der Waals surface area contributed by atoms with Crippen molar-refractivity contribution in [1.82, 2.24) is 0 Å². The number of carbonyl (C=O) groups excluding carboxylic acids is 2. The topological polar surface area (TPSA) is 52.6 Å². The first-order chi connectivity index (χ1) is 12.2. The quantitative estimate of drug-likeness (QED) is 0.587. The second-order valence-corrected chi connectivity index (χ2v) is 6.15. The molecule has 0 fully saturated rings. The van der Waals surface area contributed by atoms with Gasteiger partial charge in [0.25, 0.3) is 0 Å². The van der Waals surface area contributed by atoms with Gasteiger partial charge in [0.2, 0.25) is 0 Å². The third kappa shape index (κ3) is 4.47. The molecule has 0 heterocycles. The summed E-state index contributed by atoms with van der Waals surface area (Å²) in [5.74, 6) is 1.26. The van der Waals surface area contributed by atoms with Gasteiger partial charge >= 0.3 is 5.97 Å². The molecule has 0 unspecified atom stereocenters. The summed E-state index contributed by atoms with van der Waals surface area (Å²) < 4.78 is 10.8. The van der Waals surface area contributed by atoms with Crippen LogP contribution in [0.5, 0.6) is 11.5 Å². The lowest BCUT2D eigenvalue weighted by Crippen LogP contribution is -2.13. The number of aryl methyl sites for hydroxylation is 2. The summed E-state index contributed by atoms with van der Waals surface area (Å²) >= 11 is 0. The van der Waals surface area contributed by atoms with Crippen LogP contribution in [-0.2, 0) is 17.6 Å². The number of hydrogen-bond donors (Lipinski definition) is 0. The van der Waals surface area contributed by atoms with E-state index in [2.05, 4.69) is 0 Å². The summed E-state index contributed by atoms with van der Waals surface area (Å²) in [5.41, 5.74) is 2.81.